The molecule has 0 saturated carbocycles. The lowest BCUT2D eigenvalue weighted by molar-refractivity contribution is 0.865. The minimum atomic E-state index is 0.378. The molecule has 3 aromatic heterocycles. The lowest BCUT2D eigenvalue weighted by Gasteiger charge is -1.98. The number of hydrogen-bond acceptors (Lipinski definition) is 6. The van der Waals surface area contributed by atoms with Gasteiger partial charge in [0.1, 0.15) is 11.4 Å². The third-order valence-corrected chi connectivity index (χ3v) is 2.22. The van der Waals surface area contributed by atoms with Gasteiger partial charge in [0.15, 0.2) is 0 Å². The Morgan fingerprint density at radius 3 is 2.06 bits per heavy atom. The fraction of sp³-hybridized carbons (Fsp3) is 0. The van der Waals surface area contributed by atoms with Crippen LogP contribution in [0, 0.1) is 6.07 Å². The van der Waals surface area contributed by atoms with Crippen LogP contribution in [0.5, 0.6) is 0 Å². The zero-order chi connectivity index (χ0) is 12.2. The van der Waals surface area contributed by atoms with E-state index in [0.717, 1.165) is 0 Å². The summed E-state index contributed by atoms with van der Waals surface area (Å²) >= 11 is 0. The molecule has 0 aliphatic carbocycles. The minimum absolute atomic E-state index is 0.378. The molecule has 1 radical (unpaired) electrons. The van der Waals surface area contributed by atoms with Crippen LogP contribution in [0.25, 0.3) is 23.0 Å². The zero-order valence-electron chi connectivity index (χ0n) is 9.22. The van der Waals surface area contributed by atoms with E-state index in [1.54, 1.807) is 30.6 Å². The average Bonchev–Trinajstić information content (AvgIpc) is 2.49. The first-order valence-electron chi connectivity index (χ1n) is 5.25. The Labute approximate surface area is 103 Å². The quantitative estimate of drug-likeness (QED) is 0.664. The average molecular weight is 235 g/mol. The standard InChI is InChI=1S/C12H7N6/c1-3-7-13-9(5-1)11-15-17-12(18-16-11)10-6-2-4-8-14-10/h1-3,5-8H. The minimum Gasteiger partial charge on any atom is -0.253 e. The lowest BCUT2D eigenvalue weighted by atomic mass is 10.3. The molecule has 0 amide bonds. The maximum absolute atomic E-state index is 4.13. The van der Waals surface area contributed by atoms with Crippen LogP contribution in [0.4, 0.5) is 0 Å². The van der Waals surface area contributed by atoms with Crippen molar-refractivity contribution in [2.45, 2.75) is 0 Å². The van der Waals surface area contributed by atoms with Crippen LogP contribution in [0.1, 0.15) is 0 Å². The van der Waals surface area contributed by atoms with Crippen molar-refractivity contribution in [3.05, 3.63) is 48.8 Å². The van der Waals surface area contributed by atoms with Gasteiger partial charge in [-0.15, -0.1) is 20.4 Å². The van der Waals surface area contributed by atoms with Gasteiger partial charge in [0.25, 0.3) is 0 Å². The van der Waals surface area contributed by atoms with E-state index in [2.05, 4.69) is 36.4 Å². The van der Waals surface area contributed by atoms with E-state index in [4.69, 9.17) is 0 Å². The van der Waals surface area contributed by atoms with Crippen molar-refractivity contribution in [1.29, 1.82) is 0 Å². The highest BCUT2D eigenvalue weighted by atomic mass is 15.3. The fourth-order valence-corrected chi connectivity index (χ4v) is 1.38. The number of aromatic nitrogens is 6. The van der Waals surface area contributed by atoms with Crippen LogP contribution in [0.15, 0.2) is 42.7 Å². The summed E-state index contributed by atoms with van der Waals surface area (Å²) in [7, 11) is 0. The number of hydrogen-bond donors (Lipinski definition) is 0. The Hall–Kier alpha value is -2.76. The van der Waals surface area contributed by atoms with Gasteiger partial charge in [-0.1, -0.05) is 12.1 Å². The van der Waals surface area contributed by atoms with Crippen LogP contribution in [0.3, 0.4) is 0 Å². The Bertz CT molecular complexity index is 565. The van der Waals surface area contributed by atoms with E-state index in [9.17, 15) is 0 Å². The van der Waals surface area contributed by atoms with Crippen LogP contribution in [0.2, 0.25) is 0 Å². The van der Waals surface area contributed by atoms with Crippen LogP contribution < -0.4 is 0 Å². The van der Waals surface area contributed by atoms with Gasteiger partial charge >= 0.3 is 0 Å². The molecule has 0 aliphatic heterocycles. The monoisotopic (exact) mass is 235 g/mol. The molecule has 0 N–H and O–H groups in total. The third-order valence-electron chi connectivity index (χ3n) is 2.22. The predicted octanol–water partition coefficient (Wildman–Crippen LogP) is 1.19. The molecule has 0 atom stereocenters. The van der Waals surface area contributed by atoms with Gasteiger partial charge in [-0.05, 0) is 18.2 Å². The predicted molar refractivity (Wildman–Crippen MR) is 62.9 cm³/mol. The first kappa shape index (κ1) is 10.4. The van der Waals surface area contributed by atoms with Gasteiger partial charge in [-0.25, -0.2) is 0 Å². The van der Waals surface area contributed by atoms with Crippen LogP contribution in [-0.2, 0) is 0 Å². The van der Waals surface area contributed by atoms with Gasteiger partial charge in [-0.2, -0.15) is 0 Å². The first-order chi connectivity index (χ1) is 8.93. The van der Waals surface area contributed by atoms with Gasteiger partial charge in [0.2, 0.25) is 11.6 Å². The van der Waals surface area contributed by atoms with E-state index in [-0.39, 0.29) is 0 Å². The summed E-state index contributed by atoms with van der Waals surface area (Å²) < 4.78 is 0. The number of rotatable bonds is 2. The van der Waals surface area contributed by atoms with Crippen molar-refractivity contribution >= 4 is 0 Å². The molecule has 0 aromatic carbocycles. The molecule has 85 valence electrons. The molecule has 3 rings (SSSR count). The summed E-state index contributed by atoms with van der Waals surface area (Å²) in [6.07, 6.45) is 3.21. The zero-order valence-corrected chi connectivity index (χ0v) is 9.22. The van der Waals surface area contributed by atoms with E-state index in [0.29, 0.717) is 23.0 Å². The van der Waals surface area contributed by atoms with Crippen LogP contribution in [-0.4, -0.2) is 30.4 Å². The molecule has 6 heteroatoms. The van der Waals surface area contributed by atoms with Crippen molar-refractivity contribution in [1.82, 2.24) is 30.4 Å². The van der Waals surface area contributed by atoms with E-state index in [1.165, 1.54) is 0 Å². The highest BCUT2D eigenvalue weighted by Crippen LogP contribution is 2.11. The fourth-order valence-electron chi connectivity index (χ4n) is 1.38. The van der Waals surface area contributed by atoms with Crippen molar-refractivity contribution in [3.8, 4) is 23.0 Å². The van der Waals surface area contributed by atoms with E-state index in [1.807, 2.05) is 12.1 Å². The van der Waals surface area contributed by atoms with Crippen molar-refractivity contribution < 1.29 is 0 Å². The molecule has 18 heavy (non-hydrogen) atoms. The van der Waals surface area contributed by atoms with Gasteiger partial charge in [-0.3, -0.25) is 9.97 Å². The Morgan fingerprint density at radius 1 is 0.778 bits per heavy atom. The van der Waals surface area contributed by atoms with Gasteiger partial charge in [0, 0.05) is 18.5 Å². The molecule has 0 saturated heterocycles. The first-order valence-corrected chi connectivity index (χ1v) is 5.25. The second-order valence-corrected chi connectivity index (χ2v) is 3.41. The summed E-state index contributed by atoms with van der Waals surface area (Å²) in [6, 6.07) is 11.8. The Balaban J connectivity index is 1.95. The third kappa shape index (κ3) is 2.03. The molecule has 0 aliphatic rings. The molecule has 6 nitrogen and oxygen atoms in total. The van der Waals surface area contributed by atoms with Gasteiger partial charge in [0.05, 0.1) is 0 Å². The number of nitrogens with zero attached hydrogens (tertiary/aromatic N) is 6. The largest absolute Gasteiger partial charge is 0.253 e. The highest BCUT2D eigenvalue weighted by Gasteiger charge is 2.07. The molecular weight excluding hydrogens is 228 g/mol. The summed E-state index contributed by atoms with van der Waals surface area (Å²) in [6.45, 7) is 0. The van der Waals surface area contributed by atoms with Crippen molar-refractivity contribution in [2.75, 3.05) is 0 Å². The second-order valence-electron chi connectivity index (χ2n) is 3.41. The summed E-state index contributed by atoms with van der Waals surface area (Å²) in [5, 5.41) is 15.9. The molecule has 3 heterocycles. The van der Waals surface area contributed by atoms with Crippen molar-refractivity contribution in [3.63, 3.8) is 0 Å². The normalized spacial score (nSPS) is 10.2. The molecule has 0 spiro atoms. The molecule has 0 unspecified atom stereocenters. The van der Waals surface area contributed by atoms with Crippen molar-refractivity contribution in [2.24, 2.45) is 0 Å². The molecular formula is C12H7N6. The highest BCUT2D eigenvalue weighted by molar-refractivity contribution is 5.50. The topological polar surface area (TPSA) is 77.3 Å². The second kappa shape index (κ2) is 4.62. The summed E-state index contributed by atoms with van der Waals surface area (Å²) in [4.78, 5) is 8.20. The van der Waals surface area contributed by atoms with Gasteiger partial charge < -0.3 is 0 Å². The smallest absolute Gasteiger partial charge is 0.221 e. The van der Waals surface area contributed by atoms with E-state index >= 15 is 0 Å². The van der Waals surface area contributed by atoms with Crippen LogP contribution >= 0.6 is 0 Å². The number of pyridine rings is 2. The molecule has 0 bridgehead atoms. The Morgan fingerprint density at radius 2 is 1.50 bits per heavy atom. The Kier molecular flexibility index (Phi) is 2.67. The SMILES string of the molecule is [c]1ccc(-c2nnc(-c3ccccn3)nn2)nc1. The molecule has 3 aromatic rings. The summed E-state index contributed by atoms with van der Waals surface area (Å²) in [5.41, 5.74) is 1.25. The maximum Gasteiger partial charge on any atom is 0.221 e. The van der Waals surface area contributed by atoms with E-state index < -0.39 is 0 Å². The summed E-state index contributed by atoms with van der Waals surface area (Å²) in [5.74, 6) is 0.769. The lowest BCUT2D eigenvalue weighted by Crippen LogP contribution is -2.00. The molecule has 0 fully saturated rings. The maximum atomic E-state index is 4.13.